The topological polar surface area (TPSA) is 131 Å². The summed E-state index contributed by atoms with van der Waals surface area (Å²) < 4.78 is 6.45. The van der Waals surface area contributed by atoms with Gasteiger partial charge in [-0.2, -0.15) is 0 Å². The van der Waals surface area contributed by atoms with Gasteiger partial charge in [-0.3, -0.25) is 4.79 Å². The van der Waals surface area contributed by atoms with Gasteiger partial charge in [0.1, 0.15) is 17.1 Å². The van der Waals surface area contributed by atoms with Gasteiger partial charge in [-0.25, -0.2) is 4.99 Å². The number of phenolic OH excluding ortho intramolecular Hbond substituents is 1. The van der Waals surface area contributed by atoms with E-state index >= 15 is 0 Å². The van der Waals surface area contributed by atoms with Gasteiger partial charge in [0.2, 0.25) is 0 Å². The SMILES string of the molecule is Cc1c(C)c2c(c(C)c1O)CCC(C)(CCC(C(=O)O)c1ccc(N=C(N)N)cc1)O2. The van der Waals surface area contributed by atoms with E-state index in [0.717, 1.165) is 40.8 Å². The molecule has 2 unspecified atom stereocenters. The Kier molecular flexibility index (Phi) is 6.15. The molecule has 0 aromatic heterocycles. The Labute approximate surface area is 182 Å². The molecule has 0 amide bonds. The van der Waals surface area contributed by atoms with E-state index in [0.29, 0.717) is 29.8 Å². The maximum atomic E-state index is 12.0. The van der Waals surface area contributed by atoms with Crippen LogP contribution in [0.5, 0.6) is 11.5 Å². The first-order valence-corrected chi connectivity index (χ1v) is 10.5. The normalized spacial score (nSPS) is 18.6. The summed E-state index contributed by atoms with van der Waals surface area (Å²) in [6, 6.07) is 6.92. The molecule has 1 aliphatic heterocycles. The Bertz CT molecular complexity index is 1030. The molecular formula is C24H31N3O4. The molecule has 0 saturated carbocycles. The predicted octanol–water partition coefficient (Wildman–Crippen LogP) is 3.95. The van der Waals surface area contributed by atoms with Gasteiger partial charge < -0.3 is 26.4 Å². The van der Waals surface area contributed by atoms with Crippen LogP contribution in [0.4, 0.5) is 5.69 Å². The molecule has 0 aliphatic carbocycles. The largest absolute Gasteiger partial charge is 0.507 e. The molecule has 2 aromatic carbocycles. The summed E-state index contributed by atoms with van der Waals surface area (Å²) in [6.07, 6.45) is 2.59. The number of aliphatic carboxylic acids is 1. The number of aliphatic imine (C=N–C) groups is 1. The molecular weight excluding hydrogens is 394 g/mol. The summed E-state index contributed by atoms with van der Waals surface area (Å²) in [6.45, 7) is 7.80. The van der Waals surface area contributed by atoms with Crippen molar-refractivity contribution >= 4 is 17.6 Å². The van der Waals surface area contributed by atoms with Crippen molar-refractivity contribution in [3.05, 3.63) is 52.1 Å². The average molecular weight is 426 g/mol. The zero-order chi connectivity index (χ0) is 22.9. The van der Waals surface area contributed by atoms with Crippen LogP contribution in [-0.4, -0.2) is 27.7 Å². The molecule has 0 spiro atoms. The van der Waals surface area contributed by atoms with Crippen molar-refractivity contribution in [1.82, 2.24) is 0 Å². The number of hydrogen-bond donors (Lipinski definition) is 4. The Balaban J connectivity index is 1.79. The Morgan fingerprint density at radius 1 is 1.16 bits per heavy atom. The number of nitrogens with zero attached hydrogens (tertiary/aromatic N) is 1. The van der Waals surface area contributed by atoms with E-state index in [2.05, 4.69) is 4.99 Å². The summed E-state index contributed by atoms with van der Waals surface area (Å²) in [5, 5.41) is 20.2. The first-order chi connectivity index (χ1) is 14.5. The van der Waals surface area contributed by atoms with E-state index in [1.807, 2.05) is 27.7 Å². The molecule has 166 valence electrons. The highest BCUT2D eigenvalue weighted by Gasteiger charge is 2.36. The first-order valence-electron chi connectivity index (χ1n) is 10.5. The lowest BCUT2D eigenvalue weighted by Crippen LogP contribution is -2.37. The van der Waals surface area contributed by atoms with Crippen LogP contribution < -0.4 is 16.2 Å². The number of benzene rings is 2. The highest BCUT2D eigenvalue weighted by Crippen LogP contribution is 2.45. The number of carboxylic acid groups (broad SMARTS) is 1. The van der Waals surface area contributed by atoms with Crippen molar-refractivity contribution in [3.8, 4) is 11.5 Å². The van der Waals surface area contributed by atoms with E-state index in [1.54, 1.807) is 24.3 Å². The van der Waals surface area contributed by atoms with Crippen LogP contribution in [0.25, 0.3) is 0 Å². The van der Waals surface area contributed by atoms with Crippen molar-refractivity contribution < 1.29 is 19.7 Å². The minimum atomic E-state index is -0.873. The number of fused-ring (bicyclic) bond motifs is 1. The smallest absolute Gasteiger partial charge is 0.310 e. The first kappa shape index (κ1) is 22.5. The monoisotopic (exact) mass is 425 g/mol. The molecule has 0 fully saturated rings. The fourth-order valence-corrected chi connectivity index (χ4v) is 4.28. The number of guanidine groups is 1. The quantitative estimate of drug-likeness (QED) is 0.409. The molecule has 7 heteroatoms. The standard InChI is InChI=1S/C24H31N3O4/c1-13-14(2)21-18(15(3)20(13)28)9-11-24(4,31-21)12-10-19(22(29)30)16-5-7-17(8-6-16)27-23(25)26/h5-8,19,28H,9-12H2,1-4H3,(H,29,30)(H4,25,26,27). The van der Waals surface area contributed by atoms with Gasteiger partial charge in [0.05, 0.1) is 11.6 Å². The third-order valence-electron chi connectivity index (χ3n) is 6.41. The minimum absolute atomic E-state index is 0.0423. The number of hydrogen-bond acceptors (Lipinski definition) is 4. The second kappa shape index (κ2) is 8.49. The molecule has 2 aromatic rings. The highest BCUT2D eigenvalue weighted by molar-refractivity contribution is 5.79. The van der Waals surface area contributed by atoms with E-state index < -0.39 is 17.5 Å². The lowest BCUT2D eigenvalue weighted by molar-refractivity contribution is -0.139. The van der Waals surface area contributed by atoms with E-state index in [9.17, 15) is 15.0 Å². The molecule has 0 saturated heterocycles. The zero-order valence-corrected chi connectivity index (χ0v) is 18.5. The van der Waals surface area contributed by atoms with Crippen LogP contribution in [-0.2, 0) is 11.2 Å². The zero-order valence-electron chi connectivity index (χ0n) is 18.5. The maximum Gasteiger partial charge on any atom is 0.310 e. The number of carbonyl (C=O) groups is 1. The lowest BCUT2D eigenvalue weighted by Gasteiger charge is -2.38. The highest BCUT2D eigenvalue weighted by atomic mass is 16.5. The summed E-state index contributed by atoms with van der Waals surface area (Å²) >= 11 is 0. The van der Waals surface area contributed by atoms with Gasteiger partial charge in [-0.1, -0.05) is 12.1 Å². The van der Waals surface area contributed by atoms with Gasteiger partial charge in [0, 0.05) is 5.56 Å². The van der Waals surface area contributed by atoms with Crippen molar-refractivity contribution in [3.63, 3.8) is 0 Å². The molecule has 1 aliphatic rings. The second-order valence-corrected chi connectivity index (χ2v) is 8.64. The van der Waals surface area contributed by atoms with E-state index in [4.69, 9.17) is 16.2 Å². The van der Waals surface area contributed by atoms with E-state index in [1.165, 1.54) is 0 Å². The fourth-order valence-electron chi connectivity index (χ4n) is 4.28. The molecule has 6 N–H and O–H groups in total. The van der Waals surface area contributed by atoms with Crippen LogP contribution in [0.3, 0.4) is 0 Å². The van der Waals surface area contributed by atoms with Gasteiger partial charge in [-0.05, 0) is 87.8 Å². The fraction of sp³-hybridized carbons (Fsp3) is 0.417. The van der Waals surface area contributed by atoms with Gasteiger partial charge >= 0.3 is 5.97 Å². The summed E-state index contributed by atoms with van der Waals surface area (Å²) in [4.78, 5) is 16.0. The Hall–Kier alpha value is -3.22. The summed E-state index contributed by atoms with van der Waals surface area (Å²) in [7, 11) is 0. The van der Waals surface area contributed by atoms with Crippen molar-refractivity contribution in [2.24, 2.45) is 16.5 Å². The predicted molar refractivity (Wildman–Crippen MR) is 121 cm³/mol. The Morgan fingerprint density at radius 2 is 1.81 bits per heavy atom. The number of phenols is 1. The van der Waals surface area contributed by atoms with Crippen LogP contribution in [0.1, 0.15) is 59.9 Å². The number of nitrogens with two attached hydrogens (primary N) is 2. The molecule has 3 rings (SSSR count). The summed E-state index contributed by atoms with van der Waals surface area (Å²) in [5.41, 5.74) is 15.3. The van der Waals surface area contributed by atoms with Crippen LogP contribution in [0.2, 0.25) is 0 Å². The van der Waals surface area contributed by atoms with Crippen molar-refractivity contribution in [2.45, 2.75) is 64.9 Å². The van der Waals surface area contributed by atoms with Crippen molar-refractivity contribution in [2.75, 3.05) is 0 Å². The van der Waals surface area contributed by atoms with Gasteiger partial charge in [0.25, 0.3) is 0 Å². The molecule has 0 bridgehead atoms. The summed E-state index contributed by atoms with van der Waals surface area (Å²) in [5.74, 6) is -0.408. The average Bonchev–Trinajstić information content (AvgIpc) is 2.71. The second-order valence-electron chi connectivity index (χ2n) is 8.64. The number of rotatable bonds is 6. The third kappa shape index (κ3) is 4.60. The number of ether oxygens (including phenoxy) is 1. The molecule has 0 radical (unpaired) electrons. The van der Waals surface area contributed by atoms with Crippen LogP contribution in [0.15, 0.2) is 29.3 Å². The van der Waals surface area contributed by atoms with Crippen molar-refractivity contribution in [1.29, 1.82) is 0 Å². The Morgan fingerprint density at radius 3 is 2.39 bits per heavy atom. The van der Waals surface area contributed by atoms with Gasteiger partial charge in [0.15, 0.2) is 5.96 Å². The minimum Gasteiger partial charge on any atom is -0.507 e. The van der Waals surface area contributed by atoms with Gasteiger partial charge in [-0.15, -0.1) is 0 Å². The van der Waals surface area contributed by atoms with E-state index in [-0.39, 0.29) is 5.96 Å². The van der Waals surface area contributed by atoms with Crippen LogP contribution >= 0.6 is 0 Å². The lowest BCUT2D eigenvalue weighted by atomic mass is 9.82. The van der Waals surface area contributed by atoms with Crippen LogP contribution in [0, 0.1) is 20.8 Å². The number of carboxylic acids is 1. The third-order valence-corrected chi connectivity index (χ3v) is 6.41. The molecule has 2 atom stereocenters. The molecule has 7 nitrogen and oxygen atoms in total. The molecule has 31 heavy (non-hydrogen) atoms. The number of aromatic hydroxyl groups is 1. The maximum absolute atomic E-state index is 12.0. The molecule has 1 heterocycles.